The van der Waals surface area contributed by atoms with Gasteiger partial charge in [0.1, 0.15) is 4.90 Å². The lowest BCUT2D eigenvalue weighted by molar-refractivity contribution is 0.177. The first-order chi connectivity index (χ1) is 9.93. The molecule has 0 spiro atoms. The van der Waals surface area contributed by atoms with Crippen molar-refractivity contribution in [2.45, 2.75) is 29.7 Å². The number of alkyl halides is 1. The molecule has 2 rings (SSSR count). The first-order valence-corrected chi connectivity index (χ1v) is 9.20. The zero-order valence-electron chi connectivity index (χ0n) is 11.5. The number of ether oxygens (including phenoxy) is 1. The topological polar surface area (TPSA) is 46.6 Å². The molecule has 0 radical (unpaired) electrons. The maximum atomic E-state index is 12.8. The standard InChI is InChI=1S/C13H16Cl3NO3S/c1-20-7-6-17(9-2-3-9)21(18,19)12-5-4-11(15)10(8-14)13(12)16/h4-5,9H,2-3,6-8H2,1H3. The normalized spacial score (nSPS) is 15.7. The van der Waals surface area contributed by atoms with Gasteiger partial charge in [0, 0.05) is 30.3 Å². The van der Waals surface area contributed by atoms with Crippen LogP contribution in [0.4, 0.5) is 0 Å². The van der Waals surface area contributed by atoms with Crippen molar-refractivity contribution < 1.29 is 13.2 Å². The molecule has 0 atom stereocenters. The van der Waals surface area contributed by atoms with E-state index in [9.17, 15) is 8.42 Å². The van der Waals surface area contributed by atoms with Crippen LogP contribution in [0.3, 0.4) is 0 Å². The van der Waals surface area contributed by atoms with Gasteiger partial charge in [-0.05, 0) is 25.0 Å². The van der Waals surface area contributed by atoms with Gasteiger partial charge in [-0.15, -0.1) is 11.6 Å². The number of sulfonamides is 1. The van der Waals surface area contributed by atoms with Gasteiger partial charge >= 0.3 is 0 Å². The summed E-state index contributed by atoms with van der Waals surface area (Å²) in [6.45, 7) is 0.641. The molecule has 0 N–H and O–H groups in total. The summed E-state index contributed by atoms with van der Waals surface area (Å²) in [4.78, 5) is 0.0484. The van der Waals surface area contributed by atoms with Crippen LogP contribution in [0.15, 0.2) is 17.0 Å². The zero-order chi connectivity index (χ0) is 15.6. The van der Waals surface area contributed by atoms with Crippen LogP contribution in [-0.4, -0.2) is 39.0 Å². The predicted octanol–water partition coefficient (Wildman–Crippen LogP) is 3.53. The van der Waals surface area contributed by atoms with Crippen molar-refractivity contribution >= 4 is 44.8 Å². The Bertz CT molecular complexity index is 617. The summed E-state index contributed by atoms with van der Waals surface area (Å²) in [5, 5.41) is 0.462. The Balaban J connectivity index is 2.42. The number of methoxy groups -OCH3 is 1. The maximum Gasteiger partial charge on any atom is 0.244 e. The van der Waals surface area contributed by atoms with Gasteiger partial charge in [0.2, 0.25) is 10.0 Å². The van der Waals surface area contributed by atoms with Crippen LogP contribution in [0, 0.1) is 0 Å². The molecule has 1 aromatic rings. The Morgan fingerprint density at radius 1 is 1.33 bits per heavy atom. The fourth-order valence-electron chi connectivity index (χ4n) is 2.07. The number of halogens is 3. The molecule has 1 fully saturated rings. The largest absolute Gasteiger partial charge is 0.383 e. The van der Waals surface area contributed by atoms with E-state index < -0.39 is 10.0 Å². The van der Waals surface area contributed by atoms with Gasteiger partial charge in [0.05, 0.1) is 17.5 Å². The second-order valence-corrected chi connectivity index (χ2v) is 7.72. The molecule has 0 saturated heterocycles. The number of rotatable bonds is 7. The molecule has 1 aromatic carbocycles. The van der Waals surface area contributed by atoms with Gasteiger partial charge in [0.25, 0.3) is 0 Å². The van der Waals surface area contributed by atoms with E-state index in [0.29, 0.717) is 23.7 Å². The average molecular weight is 373 g/mol. The quantitative estimate of drug-likeness (QED) is 0.688. The van der Waals surface area contributed by atoms with Gasteiger partial charge in [-0.2, -0.15) is 4.31 Å². The van der Waals surface area contributed by atoms with Gasteiger partial charge in [0.15, 0.2) is 0 Å². The molecule has 118 valence electrons. The lowest BCUT2D eigenvalue weighted by atomic mass is 10.2. The van der Waals surface area contributed by atoms with Crippen LogP contribution in [0.2, 0.25) is 10.0 Å². The summed E-state index contributed by atoms with van der Waals surface area (Å²) in [5.74, 6) is 0.0581. The zero-order valence-corrected chi connectivity index (χ0v) is 14.6. The first-order valence-electron chi connectivity index (χ1n) is 6.47. The van der Waals surface area contributed by atoms with Crippen molar-refractivity contribution in [2.24, 2.45) is 0 Å². The summed E-state index contributed by atoms with van der Waals surface area (Å²) in [6, 6.07) is 2.97. The molecule has 1 saturated carbocycles. The molecule has 4 nitrogen and oxygen atoms in total. The summed E-state index contributed by atoms with van der Waals surface area (Å²) in [5.41, 5.74) is 0.434. The first kappa shape index (κ1) is 17.3. The molecular weight excluding hydrogens is 357 g/mol. The van der Waals surface area contributed by atoms with E-state index in [1.54, 1.807) is 7.11 Å². The van der Waals surface area contributed by atoms with E-state index in [4.69, 9.17) is 39.5 Å². The van der Waals surface area contributed by atoms with Gasteiger partial charge in [-0.1, -0.05) is 23.2 Å². The van der Waals surface area contributed by atoms with Crippen LogP contribution in [-0.2, 0) is 20.6 Å². The van der Waals surface area contributed by atoms with Crippen molar-refractivity contribution in [3.63, 3.8) is 0 Å². The lowest BCUT2D eigenvalue weighted by Gasteiger charge is -2.22. The Morgan fingerprint density at radius 2 is 2.00 bits per heavy atom. The lowest BCUT2D eigenvalue weighted by Crippen LogP contribution is -2.36. The van der Waals surface area contributed by atoms with E-state index in [2.05, 4.69) is 0 Å². The third-order valence-electron chi connectivity index (χ3n) is 3.34. The van der Waals surface area contributed by atoms with Gasteiger partial charge in [-0.25, -0.2) is 8.42 Å². The third-order valence-corrected chi connectivity index (χ3v) is 6.50. The van der Waals surface area contributed by atoms with Crippen molar-refractivity contribution in [2.75, 3.05) is 20.3 Å². The molecule has 1 aliphatic rings. The molecule has 0 heterocycles. The fraction of sp³-hybridized carbons (Fsp3) is 0.538. The highest BCUT2D eigenvalue weighted by atomic mass is 35.5. The molecule has 0 amide bonds. The van der Waals surface area contributed by atoms with Crippen LogP contribution in [0.25, 0.3) is 0 Å². The minimum absolute atomic E-state index is 0.0244. The molecule has 0 bridgehead atoms. The number of nitrogens with zero attached hydrogens (tertiary/aromatic N) is 1. The van der Waals surface area contributed by atoms with E-state index in [1.165, 1.54) is 16.4 Å². The van der Waals surface area contributed by atoms with Crippen LogP contribution < -0.4 is 0 Å². The van der Waals surface area contributed by atoms with Gasteiger partial charge in [-0.3, -0.25) is 0 Å². The minimum Gasteiger partial charge on any atom is -0.383 e. The predicted molar refractivity (Wildman–Crippen MR) is 84.8 cm³/mol. The van der Waals surface area contributed by atoms with Crippen LogP contribution >= 0.6 is 34.8 Å². The summed E-state index contributed by atoms with van der Waals surface area (Å²) in [6.07, 6.45) is 1.72. The Hall–Kier alpha value is -0.0400. The Labute approximate surface area is 140 Å². The Kier molecular flexibility index (Phi) is 5.79. The molecular formula is C13H16Cl3NO3S. The van der Waals surface area contributed by atoms with Crippen molar-refractivity contribution in [1.29, 1.82) is 0 Å². The molecule has 0 aliphatic heterocycles. The second kappa shape index (κ2) is 7.02. The highest BCUT2D eigenvalue weighted by Gasteiger charge is 2.39. The highest BCUT2D eigenvalue weighted by Crippen LogP contribution is 2.37. The maximum absolute atomic E-state index is 12.8. The summed E-state index contributed by atoms with van der Waals surface area (Å²) >= 11 is 18.0. The Morgan fingerprint density at radius 3 is 2.52 bits per heavy atom. The fourth-order valence-corrected chi connectivity index (χ4v) is 5.04. The monoisotopic (exact) mass is 371 g/mol. The molecule has 0 unspecified atom stereocenters. The van der Waals surface area contributed by atoms with E-state index >= 15 is 0 Å². The van der Waals surface area contributed by atoms with Crippen molar-refractivity contribution in [3.05, 3.63) is 27.7 Å². The van der Waals surface area contributed by atoms with Gasteiger partial charge < -0.3 is 4.74 Å². The number of benzene rings is 1. The van der Waals surface area contributed by atoms with Crippen molar-refractivity contribution in [3.8, 4) is 0 Å². The molecule has 8 heteroatoms. The highest BCUT2D eigenvalue weighted by molar-refractivity contribution is 7.89. The SMILES string of the molecule is COCCN(C1CC1)S(=O)(=O)c1ccc(Cl)c(CCl)c1Cl. The average Bonchev–Trinajstić information content (AvgIpc) is 3.23. The molecule has 21 heavy (non-hydrogen) atoms. The number of hydrogen-bond donors (Lipinski definition) is 0. The summed E-state index contributed by atoms with van der Waals surface area (Å²) < 4.78 is 32.1. The van der Waals surface area contributed by atoms with Crippen molar-refractivity contribution in [1.82, 2.24) is 4.31 Å². The summed E-state index contributed by atoms with van der Waals surface area (Å²) in [7, 11) is -2.15. The van der Waals surface area contributed by atoms with Crippen LogP contribution in [0.1, 0.15) is 18.4 Å². The second-order valence-electron chi connectivity index (χ2n) is 4.81. The third kappa shape index (κ3) is 3.66. The molecule has 0 aromatic heterocycles. The number of hydrogen-bond acceptors (Lipinski definition) is 3. The van der Waals surface area contributed by atoms with Crippen LogP contribution in [0.5, 0.6) is 0 Å². The van der Waals surface area contributed by atoms with E-state index in [0.717, 1.165) is 12.8 Å². The smallest absolute Gasteiger partial charge is 0.244 e. The minimum atomic E-state index is -3.69. The van der Waals surface area contributed by atoms with E-state index in [-0.39, 0.29) is 21.8 Å². The molecule has 1 aliphatic carbocycles. The van der Waals surface area contributed by atoms with E-state index in [1.807, 2.05) is 0 Å².